The molecule has 6 nitrogen and oxygen atoms in total. The zero-order valence-electron chi connectivity index (χ0n) is 14.1. The van der Waals surface area contributed by atoms with Crippen molar-refractivity contribution in [2.75, 3.05) is 11.9 Å². The van der Waals surface area contributed by atoms with Crippen LogP contribution in [0.25, 0.3) is 0 Å². The van der Waals surface area contributed by atoms with E-state index in [4.69, 9.17) is 16.7 Å². The molecule has 2 aromatic carbocycles. The van der Waals surface area contributed by atoms with E-state index in [1.807, 2.05) is 6.07 Å². The van der Waals surface area contributed by atoms with E-state index < -0.39 is 17.9 Å². The first kappa shape index (κ1) is 19.4. The number of nitrogens with one attached hydrogen (secondary N) is 1. The minimum Gasteiger partial charge on any atom is -0.481 e. The quantitative estimate of drug-likeness (QED) is 0.739. The molecule has 2 aromatic rings. The van der Waals surface area contributed by atoms with Crippen LogP contribution in [0.15, 0.2) is 46.9 Å². The van der Waals surface area contributed by atoms with E-state index in [9.17, 15) is 14.4 Å². The van der Waals surface area contributed by atoms with Crippen LogP contribution in [0, 0.1) is 0 Å². The van der Waals surface area contributed by atoms with Crippen LogP contribution in [0.1, 0.15) is 30.0 Å². The number of carbonyl (C=O) groups is 3. The van der Waals surface area contributed by atoms with Crippen molar-refractivity contribution in [1.29, 1.82) is 0 Å². The van der Waals surface area contributed by atoms with Gasteiger partial charge in [0.05, 0.1) is 12.5 Å². The van der Waals surface area contributed by atoms with Crippen LogP contribution < -0.4 is 5.32 Å². The number of nitrogens with zero attached hydrogens (tertiary/aromatic N) is 1. The summed E-state index contributed by atoms with van der Waals surface area (Å²) in [6.07, 6.45) is -0.509. The summed E-state index contributed by atoms with van der Waals surface area (Å²) in [6.45, 7) is -0.194. The number of carboxylic acid groups (broad SMARTS) is 1. The first-order valence-electron chi connectivity index (χ1n) is 8.22. The van der Waals surface area contributed by atoms with Gasteiger partial charge in [0.1, 0.15) is 6.54 Å². The number of fused-ring (bicyclic) bond motifs is 1. The summed E-state index contributed by atoms with van der Waals surface area (Å²) in [7, 11) is 0. The van der Waals surface area contributed by atoms with E-state index in [1.165, 1.54) is 4.90 Å². The lowest BCUT2D eigenvalue weighted by atomic mass is 9.95. The number of benzene rings is 2. The zero-order valence-corrected chi connectivity index (χ0v) is 16.5. The lowest BCUT2D eigenvalue weighted by Crippen LogP contribution is -2.39. The second-order valence-corrected chi connectivity index (χ2v) is 7.44. The number of rotatable bonds is 4. The van der Waals surface area contributed by atoms with Gasteiger partial charge in [-0.2, -0.15) is 0 Å². The Morgan fingerprint density at radius 2 is 1.93 bits per heavy atom. The molecular formula is C19H16BrClN2O4. The SMILES string of the molecule is O=C(O)CCC(=O)N1CC(=O)Nc2ccc(Br)cc2[C@@H]1c1ccccc1Cl. The number of halogens is 2. The first-order chi connectivity index (χ1) is 12.9. The molecule has 0 radical (unpaired) electrons. The maximum absolute atomic E-state index is 12.8. The van der Waals surface area contributed by atoms with Gasteiger partial charge in [0, 0.05) is 27.2 Å². The van der Waals surface area contributed by atoms with Gasteiger partial charge in [-0.15, -0.1) is 0 Å². The van der Waals surface area contributed by atoms with Crippen LogP contribution in [0.2, 0.25) is 5.02 Å². The minimum atomic E-state index is -1.07. The highest BCUT2D eigenvalue weighted by Gasteiger charge is 2.34. The zero-order chi connectivity index (χ0) is 19.6. The van der Waals surface area contributed by atoms with Crippen molar-refractivity contribution >= 4 is 51.0 Å². The van der Waals surface area contributed by atoms with Gasteiger partial charge in [-0.3, -0.25) is 14.4 Å². The van der Waals surface area contributed by atoms with Crippen LogP contribution in [0.5, 0.6) is 0 Å². The van der Waals surface area contributed by atoms with Crippen LogP contribution in [0.4, 0.5) is 5.69 Å². The summed E-state index contributed by atoms with van der Waals surface area (Å²) in [5.41, 5.74) is 1.95. The van der Waals surface area contributed by atoms with Crippen molar-refractivity contribution in [2.45, 2.75) is 18.9 Å². The molecule has 8 heteroatoms. The monoisotopic (exact) mass is 450 g/mol. The maximum atomic E-state index is 12.8. The number of aliphatic carboxylic acids is 1. The van der Waals surface area contributed by atoms with Gasteiger partial charge in [-0.05, 0) is 29.8 Å². The molecule has 0 aromatic heterocycles. The van der Waals surface area contributed by atoms with Crippen molar-refractivity contribution in [3.63, 3.8) is 0 Å². The molecule has 1 aliphatic rings. The smallest absolute Gasteiger partial charge is 0.303 e. The fourth-order valence-electron chi connectivity index (χ4n) is 3.10. The van der Waals surface area contributed by atoms with Crippen molar-refractivity contribution in [3.8, 4) is 0 Å². The third kappa shape index (κ3) is 4.31. The van der Waals surface area contributed by atoms with Gasteiger partial charge in [0.25, 0.3) is 0 Å². The fraction of sp³-hybridized carbons (Fsp3) is 0.211. The first-order valence-corrected chi connectivity index (χ1v) is 9.39. The third-order valence-electron chi connectivity index (χ3n) is 4.28. The van der Waals surface area contributed by atoms with Crippen molar-refractivity contribution in [3.05, 3.63) is 63.1 Å². The minimum absolute atomic E-state index is 0.194. The highest BCUT2D eigenvalue weighted by Crippen LogP contribution is 2.40. The molecule has 27 heavy (non-hydrogen) atoms. The molecule has 2 amide bonds. The molecule has 3 rings (SSSR count). The van der Waals surface area contributed by atoms with Crippen LogP contribution in [0.3, 0.4) is 0 Å². The highest BCUT2D eigenvalue weighted by molar-refractivity contribution is 9.10. The normalized spacial score (nSPS) is 16.3. The van der Waals surface area contributed by atoms with Crippen molar-refractivity contribution in [2.24, 2.45) is 0 Å². The Balaban J connectivity index is 2.14. The summed E-state index contributed by atoms with van der Waals surface area (Å²) in [5, 5.41) is 12.2. The van der Waals surface area contributed by atoms with Gasteiger partial charge < -0.3 is 15.3 Å². The molecule has 1 atom stereocenters. The molecule has 0 spiro atoms. The Bertz CT molecular complexity index is 918. The molecule has 0 saturated heterocycles. The molecule has 0 bridgehead atoms. The predicted octanol–water partition coefficient (Wildman–Crippen LogP) is 3.84. The molecular weight excluding hydrogens is 436 g/mol. The lowest BCUT2D eigenvalue weighted by Gasteiger charge is -2.31. The Kier molecular flexibility index (Phi) is 5.82. The number of hydrogen-bond acceptors (Lipinski definition) is 3. The van der Waals surface area contributed by atoms with E-state index in [1.54, 1.807) is 36.4 Å². The summed E-state index contributed by atoms with van der Waals surface area (Å²) in [6, 6.07) is 11.9. The number of amides is 2. The predicted molar refractivity (Wildman–Crippen MR) is 105 cm³/mol. The molecule has 2 N–H and O–H groups in total. The largest absolute Gasteiger partial charge is 0.481 e. The van der Waals surface area contributed by atoms with Gasteiger partial charge >= 0.3 is 5.97 Å². The molecule has 0 unspecified atom stereocenters. The molecule has 140 valence electrons. The Morgan fingerprint density at radius 1 is 1.19 bits per heavy atom. The van der Waals surface area contributed by atoms with Crippen LogP contribution in [-0.4, -0.2) is 34.3 Å². The molecule has 0 fully saturated rings. The number of hydrogen-bond donors (Lipinski definition) is 2. The van der Waals surface area contributed by atoms with E-state index in [0.29, 0.717) is 21.8 Å². The van der Waals surface area contributed by atoms with Gasteiger partial charge in [0.2, 0.25) is 11.8 Å². The number of carbonyl (C=O) groups excluding carboxylic acids is 2. The highest BCUT2D eigenvalue weighted by atomic mass is 79.9. The van der Waals surface area contributed by atoms with Gasteiger partial charge in [-0.1, -0.05) is 45.7 Å². The lowest BCUT2D eigenvalue weighted by molar-refractivity contribution is -0.142. The summed E-state index contributed by atoms with van der Waals surface area (Å²) in [4.78, 5) is 37.5. The second kappa shape index (κ2) is 8.10. The molecule has 0 saturated carbocycles. The Hall–Kier alpha value is -2.38. The van der Waals surface area contributed by atoms with Crippen molar-refractivity contribution in [1.82, 2.24) is 4.90 Å². The van der Waals surface area contributed by atoms with Gasteiger partial charge in [0.15, 0.2) is 0 Å². The Morgan fingerprint density at radius 3 is 2.63 bits per heavy atom. The second-order valence-electron chi connectivity index (χ2n) is 6.12. The van der Waals surface area contributed by atoms with E-state index in [-0.39, 0.29) is 25.3 Å². The molecule has 1 heterocycles. The maximum Gasteiger partial charge on any atom is 0.303 e. The van der Waals surface area contributed by atoms with Crippen LogP contribution >= 0.6 is 27.5 Å². The summed E-state index contributed by atoms with van der Waals surface area (Å²) >= 11 is 9.83. The third-order valence-corrected chi connectivity index (χ3v) is 5.12. The van der Waals surface area contributed by atoms with Gasteiger partial charge in [-0.25, -0.2) is 0 Å². The molecule has 0 aliphatic carbocycles. The molecule has 1 aliphatic heterocycles. The number of anilines is 1. The topological polar surface area (TPSA) is 86.7 Å². The van der Waals surface area contributed by atoms with Crippen LogP contribution in [-0.2, 0) is 14.4 Å². The average Bonchev–Trinajstić information content (AvgIpc) is 2.76. The van der Waals surface area contributed by atoms with E-state index >= 15 is 0 Å². The van der Waals surface area contributed by atoms with E-state index in [0.717, 1.165) is 4.47 Å². The summed E-state index contributed by atoms with van der Waals surface area (Å²) < 4.78 is 0.785. The Labute approximate surface area is 169 Å². The van der Waals surface area contributed by atoms with E-state index in [2.05, 4.69) is 21.2 Å². The standard InChI is InChI=1S/C19H16BrClN2O4/c20-11-5-6-15-13(9-11)19(12-3-1-2-4-14(12)21)23(10-16(24)22-15)17(25)7-8-18(26)27/h1-6,9,19H,7-8,10H2,(H,22,24)(H,26,27)/t19-/m0/s1. The number of carboxylic acids is 1. The average molecular weight is 452 g/mol. The fourth-order valence-corrected chi connectivity index (χ4v) is 3.72. The summed E-state index contributed by atoms with van der Waals surface area (Å²) in [5.74, 6) is -1.85. The van der Waals surface area contributed by atoms with Crippen molar-refractivity contribution < 1.29 is 19.5 Å².